The van der Waals surface area contributed by atoms with Gasteiger partial charge in [-0.15, -0.1) is 6.58 Å². The van der Waals surface area contributed by atoms with E-state index in [0.717, 1.165) is 16.8 Å². The van der Waals surface area contributed by atoms with Gasteiger partial charge in [0.15, 0.2) is 0 Å². The summed E-state index contributed by atoms with van der Waals surface area (Å²) in [5.41, 5.74) is 2.45. The molecule has 0 unspecified atom stereocenters. The molecule has 2 aromatic carbocycles. The first-order valence-electron chi connectivity index (χ1n) is 7.81. The maximum atomic E-state index is 13.1. The number of carbonyl (C=O) groups excluding carboxylic acids is 2. The van der Waals surface area contributed by atoms with Gasteiger partial charge in [0, 0.05) is 17.8 Å². The first kappa shape index (κ1) is 14.5. The average molecular weight is 319 g/mol. The highest BCUT2D eigenvalue weighted by molar-refractivity contribution is 6.14. The van der Waals surface area contributed by atoms with E-state index in [1.165, 1.54) is 0 Å². The number of nitrogens with zero attached hydrogens (tertiary/aromatic N) is 1. The Morgan fingerprint density at radius 3 is 2.75 bits per heavy atom. The van der Waals surface area contributed by atoms with E-state index in [4.69, 9.17) is 0 Å². The second-order valence-electron chi connectivity index (χ2n) is 6.04. The monoisotopic (exact) mass is 319 g/mol. The largest absolute Gasteiger partial charge is 0.350 e. The minimum absolute atomic E-state index is 0.186. The maximum Gasteiger partial charge on any atom is 0.276 e. The number of hydrogen-bond donors (Lipinski definition) is 2. The zero-order valence-corrected chi connectivity index (χ0v) is 13.3. The summed E-state index contributed by atoms with van der Waals surface area (Å²) in [6.45, 7) is 5.95. The summed E-state index contributed by atoms with van der Waals surface area (Å²) in [6, 6.07) is 13.0. The van der Waals surface area contributed by atoms with Crippen LogP contribution in [0, 0.1) is 6.92 Å². The van der Waals surface area contributed by atoms with Gasteiger partial charge in [0.05, 0.1) is 11.3 Å². The molecule has 1 atom stereocenters. The highest BCUT2D eigenvalue weighted by atomic mass is 16.2. The molecule has 24 heavy (non-hydrogen) atoms. The lowest BCUT2D eigenvalue weighted by Gasteiger charge is -2.44. The Labute approximate surface area is 140 Å². The Kier molecular flexibility index (Phi) is 3.00. The van der Waals surface area contributed by atoms with Crippen LogP contribution >= 0.6 is 0 Å². The number of aryl methyl sites for hydroxylation is 1. The number of hydrogen-bond acceptors (Lipinski definition) is 3. The Morgan fingerprint density at radius 2 is 1.96 bits per heavy atom. The van der Waals surface area contributed by atoms with E-state index in [0.29, 0.717) is 11.3 Å². The number of para-hydroxylation sites is 2. The summed E-state index contributed by atoms with van der Waals surface area (Å²) in [5, 5.41) is 6.25. The fourth-order valence-corrected chi connectivity index (χ4v) is 3.54. The van der Waals surface area contributed by atoms with Gasteiger partial charge in [-0.05, 0) is 24.6 Å². The molecule has 4 rings (SSSR count). The van der Waals surface area contributed by atoms with Crippen molar-refractivity contribution >= 4 is 23.2 Å². The minimum Gasteiger partial charge on any atom is -0.350 e. The van der Waals surface area contributed by atoms with Crippen LogP contribution in [0.2, 0.25) is 0 Å². The summed E-state index contributed by atoms with van der Waals surface area (Å²) in [6.07, 6.45) is 1.64. The summed E-state index contributed by atoms with van der Waals surface area (Å²) >= 11 is 0. The third-order valence-electron chi connectivity index (χ3n) is 4.66. The van der Waals surface area contributed by atoms with Crippen molar-refractivity contribution in [1.29, 1.82) is 0 Å². The SMILES string of the molecule is C=CCN1C(=O)c2ccccc2N[C@]12C(=O)Nc1c(C)cccc12. The predicted octanol–water partition coefficient (Wildman–Crippen LogP) is 2.85. The molecule has 0 saturated heterocycles. The second-order valence-corrected chi connectivity index (χ2v) is 6.04. The number of anilines is 2. The lowest BCUT2D eigenvalue weighted by atomic mass is 9.92. The van der Waals surface area contributed by atoms with Crippen molar-refractivity contribution in [3.63, 3.8) is 0 Å². The zero-order valence-electron chi connectivity index (χ0n) is 13.3. The lowest BCUT2D eigenvalue weighted by molar-refractivity contribution is -0.124. The molecular formula is C19H17N3O2. The summed E-state index contributed by atoms with van der Waals surface area (Å²) in [7, 11) is 0. The van der Waals surface area contributed by atoms with Gasteiger partial charge < -0.3 is 10.6 Å². The van der Waals surface area contributed by atoms with E-state index in [9.17, 15) is 9.59 Å². The van der Waals surface area contributed by atoms with Gasteiger partial charge >= 0.3 is 0 Å². The molecule has 0 fully saturated rings. The fraction of sp³-hybridized carbons (Fsp3) is 0.158. The van der Waals surface area contributed by atoms with E-state index in [1.807, 2.05) is 43.3 Å². The number of carbonyl (C=O) groups is 2. The molecule has 0 radical (unpaired) electrons. The molecule has 2 heterocycles. The maximum absolute atomic E-state index is 13.1. The third-order valence-corrected chi connectivity index (χ3v) is 4.66. The average Bonchev–Trinajstić information content (AvgIpc) is 2.86. The van der Waals surface area contributed by atoms with Gasteiger partial charge in [-0.1, -0.05) is 36.4 Å². The molecule has 1 spiro atoms. The molecule has 2 aliphatic rings. The molecule has 5 heteroatoms. The molecule has 0 saturated carbocycles. The zero-order chi connectivity index (χ0) is 16.9. The first-order chi connectivity index (χ1) is 11.6. The molecule has 2 amide bonds. The van der Waals surface area contributed by atoms with Crippen LogP contribution in [-0.4, -0.2) is 23.3 Å². The van der Waals surface area contributed by atoms with Crippen molar-refractivity contribution in [2.45, 2.75) is 12.6 Å². The van der Waals surface area contributed by atoms with Crippen molar-refractivity contribution in [2.24, 2.45) is 0 Å². The van der Waals surface area contributed by atoms with Crippen molar-refractivity contribution in [3.8, 4) is 0 Å². The van der Waals surface area contributed by atoms with E-state index >= 15 is 0 Å². The van der Waals surface area contributed by atoms with Gasteiger partial charge in [-0.25, -0.2) is 0 Å². The van der Waals surface area contributed by atoms with Crippen LogP contribution in [0.3, 0.4) is 0 Å². The van der Waals surface area contributed by atoms with Crippen LogP contribution in [-0.2, 0) is 10.5 Å². The summed E-state index contributed by atoms with van der Waals surface area (Å²) in [5.74, 6) is -0.440. The van der Waals surface area contributed by atoms with Crippen molar-refractivity contribution in [1.82, 2.24) is 4.90 Å². The summed E-state index contributed by atoms with van der Waals surface area (Å²) in [4.78, 5) is 27.6. The Morgan fingerprint density at radius 1 is 1.17 bits per heavy atom. The van der Waals surface area contributed by atoms with Gasteiger partial charge in [0.2, 0.25) is 5.66 Å². The lowest BCUT2D eigenvalue weighted by Crippen LogP contribution is -2.61. The van der Waals surface area contributed by atoms with E-state index < -0.39 is 5.66 Å². The van der Waals surface area contributed by atoms with Gasteiger partial charge in [0.25, 0.3) is 11.8 Å². The van der Waals surface area contributed by atoms with Crippen LogP contribution < -0.4 is 10.6 Å². The van der Waals surface area contributed by atoms with Crippen molar-refractivity contribution in [3.05, 3.63) is 71.8 Å². The van der Waals surface area contributed by atoms with Gasteiger partial charge in [-0.2, -0.15) is 0 Å². The minimum atomic E-state index is -1.25. The van der Waals surface area contributed by atoms with Crippen molar-refractivity contribution in [2.75, 3.05) is 17.2 Å². The highest BCUT2D eigenvalue weighted by Crippen LogP contribution is 2.46. The molecule has 0 aliphatic carbocycles. The summed E-state index contributed by atoms with van der Waals surface area (Å²) < 4.78 is 0. The molecule has 120 valence electrons. The quantitative estimate of drug-likeness (QED) is 0.837. The normalized spacial score (nSPS) is 21.1. The third kappa shape index (κ3) is 1.69. The van der Waals surface area contributed by atoms with Crippen LogP contribution in [0.5, 0.6) is 0 Å². The smallest absolute Gasteiger partial charge is 0.276 e. The Hall–Kier alpha value is -3.08. The number of amides is 2. The van der Waals surface area contributed by atoms with Crippen LogP contribution in [0.4, 0.5) is 11.4 Å². The standard InChI is InChI=1S/C19H17N3O2/c1-3-11-22-17(23)13-8-4-5-10-15(13)21-19(22)14-9-6-7-12(2)16(14)20-18(19)24/h3-10,21H,1,11H2,2H3,(H,20,24)/t19-/m0/s1. The molecule has 0 bridgehead atoms. The molecule has 2 N–H and O–H groups in total. The fourth-order valence-electron chi connectivity index (χ4n) is 3.54. The molecule has 5 nitrogen and oxygen atoms in total. The van der Waals surface area contributed by atoms with E-state index in [-0.39, 0.29) is 18.4 Å². The molecule has 0 aromatic heterocycles. The number of nitrogens with one attached hydrogen (secondary N) is 2. The van der Waals surface area contributed by atoms with Crippen molar-refractivity contribution < 1.29 is 9.59 Å². The number of fused-ring (bicyclic) bond motifs is 3. The van der Waals surface area contributed by atoms with Gasteiger partial charge in [0.1, 0.15) is 0 Å². The first-order valence-corrected chi connectivity index (χ1v) is 7.81. The number of rotatable bonds is 2. The molecular weight excluding hydrogens is 302 g/mol. The Bertz CT molecular complexity index is 890. The predicted molar refractivity (Wildman–Crippen MR) is 92.8 cm³/mol. The van der Waals surface area contributed by atoms with E-state index in [1.54, 1.807) is 17.0 Å². The molecule has 2 aliphatic heterocycles. The van der Waals surface area contributed by atoms with Crippen LogP contribution in [0.25, 0.3) is 0 Å². The number of benzene rings is 2. The van der Waals surface area contributed by atoms with E-state index in [2.05, 4.69) is 17.2 Å². The van der Waals surface area contributed by atoms with Gasteiger partial charge in [-0.3, -0.25) is 14.5 Å². The topological polar surface area (TPSA) is 61.4 Å². The second kappa shape index (κ2) is 4.96. The van der Waals surface area contributed by atoms with Crippen LogP contribution in [0.1, 0.15) is 21.5 Å². The highest BCUT2D eigenvalue weighted by Gasteiger charge is 2.56. The molecule has 2 aromatic rings. The Balaban J connectivity index is 2.00. The van der Waals surface area contributed by atoms with Crippen LogP contribution in [0.15, 0.2) is 55.1 Å².